The molecule has 3 aromatic rings. The van der Waals surface area contributed by atoms with Crippen LogP contribution >= 0.6 is 11.6 Å². The summed E-state index contributed by atoms with van der Waals surface area (Å²) in [5, 5.41) is 17.4. The normalized spacial score (nSPS) is 22.8. The summed E-state index contributed by atoms with van der Waals surface area (Å²) in [6, 6.07) is 13.2. The molecule has 2 aliphatic carbocycles. The molecule has 0 unspecified atom stereocenters. The van der Waals surface area contributed by atoms with Gasteiger partial charge < -0.3 is 15.7 Å². The average molecular weight is 533 g/mol. The molecule has 0 radical (unpaired) electrons. The molecule has 0 amide bonds. The van der Waals surface area contributed by atoms with E-state index in [1.165, 1.54) is 29.5 Å². The summed E-state index contributed by atoms with van der Waals surface area (Å²) in [5.74, 6) is 2.69. The summed E-state index contributed by atoms with van der Waals surface area (Å²) in [6.45, 7) is 3.15. The van der Waals surface area contributed by atoms with Gasteiger partial charge in [0.05, 0.1) is 6.10 Å². The van der Waals surface area contributed by atoms with Gasteiger partial charge in [0.15, 0.2) is 0 Å². The minimum absolute atomic E-state index is 0.180. The molecule has 1 aromatic carbocycles. The number of halogens is 1. The van der Waals surface area contributed by atoms with Crippen LogP contribution in [0.5, 0.6) is 0 Å². The Labute approximate surface area is 230 Å². The molecule has 8 heteroatoms. The Bertz CT molecular complexity index is 1220. The molecule has 3 fully saturated rings. The smallest absolute Gasteiger partial charge is 0.229 e. The fraction of sp³-hybridized carbons (Fsp3) is 0.500. The quantitative estimate of drug-likeness (QED) is 0.296. The van der Waals surface area contributed by atoms with E-state index in [1.54, 1.807) is 12.3 Å². The highest BCUT2D eigenvalue weighted by atomic mass is 35.5. The highest BCUT2D eigenvalue weighted by Crippen LogP contribution is 2.40. The predicted molar refractivity (Wildman–Crippen MR) is 152 cm³/mol. The van der Waals surface area contributed by atoms with E-state index in [2.05, 4.69) is 49.8 Å². The van der Waals surface area contributed by atoms with E-state index >= 15 is 0 Å². The number of aliphatic hydroxyl groups is 1. The van der Waals surface area contributed by atoms with Crippen molar-refractivity contribution >= 4 is 29.1 Å². The lowest BCUT2D eigenvalue weighted by Crippen LogP contribution is -2.33. The zero-order valence-electron chi connectivity index (χ0n) is 21.8. The Balaban J connectivity index is 1.13. The molecule has 3 heterocycles. The van der Waals surface area contributed by atoms with Gasteiger partial charge in [0.2, 0.25) is 5.95 Å². The van der Waals surface area contributed by atoms with Gasteiger partial charge in [0, 0.05) is 36.2 Å². The molecule has 38 heavy (non-hydrogen) atoms. The van der Waals surface area contributed by atoms with E-state index in [9.17, 15) is 5.11 Å². The Morgan fingerprint density at radius 1 is 0.895 bits per heavy atom. The van der Waals surface area contributed by atoms with Crippen LogP contribution in [0, 0.1) is 0 Å². The summed E-state index contributed by atoms with van der Waals surface area (Å²) in [5.41, 5.74) is 4.92. The molecule has 1 aliphatic heterocycles. The van der Waals surface area contributed by atoms with E-state index in [-0.39, 0.29) is 6.10 Å². The molecule has 3 N–H and O–H groups in total. The number of rotatable bonds is 8. The lowest BCUT2D eigenvalue weighted by molar-refractivity contribution is 0.126. The summed E-state index contributed by atoms with van der Waals surface area (Å²) < 4.78 is 0. The maximum Gasteiger partial charge on any atom is 0.229 e. The molecule has 0 bridgehead atoms. The van der Waals surface area contributed by atoms with E-state index in [4.69, 9.17) is 16.6 Å². The molecule has 7 nitrogen and oxygen atoms in total. The molecule has 6 rings (SSSR count). The first-order valence-electron chi connectivity index (χ1n) is 14.1. The van der Waals surface area contributed by atoms with Crippen molar-refractivity contribution in [2.24, 2.45) is 0 Å². The number of anilines is 3. The minimum Gasteiger partial charge on any atom is -0.393 e. The van der Waals surface area contributed by atoms with Crippen LogP contribution in [-0.4, -0.2) is 50.2 Å². The first-order chi connectivity index (χ1) is 18.6. The van der Waals surface area contributed by atoms with Gasteiger partial charge in [0.25, 0.3) is 0 Å². The highest BCUT2D eigenvalue weighted by Gasteiger charge is 2.27. The SMILES string of the molecule is O[C@H]1CC[C@H](Nc2nc(Nc3ccnc(Cl)c3)ncc2C2CCN(Cc3ccc(C4CC4)cc3)CC2)CC1. The number of piperidine rings is 1. The fourth-order valence-electron chi connectivity index (χ4n) is 5.86. The van der Waals surface area contributed by atoms with Crippen molar-refractivity contribution < 1.29 is 5.11 Å². The number of likely N-dealkylation sites (tertiary alicyclic amines) is 1. The van der Waals surface area contributed by atoms with Gasteiger partial charge >= 0.3 is 0 Å². The van der Waals surface area contributed by atoms with Gasteiger partial charge in [0.1, 0.15) is 11.0 Å². The van der Waals surface area contributed by atoms with Crippen LogP contribution < -0.4 is 10.6 Å². The van der Waals surface area contributed by atoms with Gasteiger partial charge in [-0.05, 0) is 99.6 Å². The Morgan fingerprint density at radius 2 is 1.66 bits per heavy atom. The molecule has 2 saturated carbocycles. The highest BCUT2D eigenvalue weighted by molar-refractivity contribution is 6.29. The van der Waals surface area contributed by atoms with Crippen LogP contribution in [-0.2, 0) is 6.54 Å². The lowest BCUT2D eigenvalue weighted by Gasteiger charge is -2.33. The Kier molecular flexibility index (Phi) is 7.77. The Hall–Kier alpha value is -2.74. The largest absolute Gasteiger partial charge is 0.393 e. The maximum absolute atomic E-state index is 9.97. The molecule has 2 aromatic heterocycles. The van der Waals surface area contributed by atoms with E-state index < -0.39 is 0 Å². The van der Waals surface area contributed by atoms with Crippen molar-refractivity contribution in [3.63, 3.8) is 0 Å². The van der Waals surface area contributed by atoms with Crippen molar-refractivity contribution in [1.29, 1.82) is 0 Å². The summed E-state index contributed by atoms with van der Waals surface area (Å²) in [4.78, 5) is 16.2. The second-order valence-corrected chi connectivity index (χ2v) is 11.6. The first-order valence-corrected chi connectivity index (χ1v) is 14.5. The second-order valence-electron chi connectivity index (χ2n) is 11.2. The summed E-state index contributed by atoms with van der Waals surface area (Å²) >= 11 is 6.07. The Morgan fingerprint density at radius 3 is 2.37 bits per heavy atom. The molecule has 0 atom stereocenters. The van der Waals surface area contributed by atoms with Crippen molar-refractivity contribution in [2.45, 2.75) is 81.9 Å². The standard InChI is InChI=1S/C30H37ClN6O/c31-28-17-25(11-14-32-28)35-30-33-18-27(29(36-30)34-24-7-9-26(38)10-8-24)23-12-15-37(16-13-23)19-20-1-3-21(4-2-20)22-5-6-22/h1-4,11,14,17-18,22-24,26,38H,5-10,12-13,15-16,19H2,(H2,32,33,34,35,36)/t24-,26-. The number of nitrogens with one attached hydrogen (secondary N) is 2. The number of benzene rings is 1. The summed E-state index contributed by atoms with van der Waals surface area (Å²) in [6.07, 6.45) is 11.9. The lowest BCUT2D eigenvalue weighted by atomic mass is 9.89. The molecule has 200 valence electrons. The van der Waals surface area contributed by atoms with E-state index in [0.717, 1.165) is 75.6 Å². The van der Waals surface area contributed by atoms with Crippen molar-refractivity contribution in [2.75, 3.05) is 23.7 Å². The van der Waals surface area contributed by atoms with Gasteiger partial charge in [-0.15, -0.1) is 0 Å². The number of aromatic nitrogens is 3. The van der Waals surface area contributed by atoms with E-state index in [0.29, 0.717) is 23.1 Å². The van der Waals surface area contributed by atoms with E-state index in [1.807, 2.05) is 12.3 Å². The third-order valence-electron chi connectivity index (χ3n) is 8.30. The van der Waals surface area contributed by atoms with Gasteiger partial charge in [-0.25, -0.2) is 9.97 Å². The maximum atomic E-state index is 9.97. The van der Waals surface area contributed by atoms with Crippen molar-refractivity contribution in [3.8, 4) is 0 Å². The zero-order valence-corrected chi connectivity index (χ0v) is 22.6. The molecule has 0 spiro atoms. The molecule has 1 saturated heterocycles. The topological polar surface area (TPSA) is 86.2 Å². The third kappa shape index (κ3) is 6.45. The number of hydrogen-bond donors (Lipinski definition) is 3. The second kappa shape index (κ2) is 11.6. The van der Waals surface area contributed by atoms with Crippen LogP contribution in [0.4, 0.5) is 17.5 Å². The van der Waals surface area contributed by atoms with Gasteiger partial charge in [-0.1, -0.05) is 35.9 Å². The van der Waals surface area contributed by atoms with Gasteiger partial charge in [-0.2, -0.15) is 4.98 Å². The molecule has 3 aliphatic rings. The number of hydrogen-bond acceptors (Lipinski definition) is 7. The zero-order chi connectivity index (χ0) is 25.9. The fourth-order valence-corrected chi connectivity index (χ4v) is 6.03. The van der Waals surface area contributed by atoms with Crippen LogP contribution in [0.3, 0.4) is 0 Å². The predicted octanol–water partition coefficient (Wildman–Crippen LogP) is 6.24. The minimum atomic E-state index is -0.180. The van der Waals surface area contributed by atoms with Crippen LogP contribution in [0.25, 0.3) is 0 Å². The first kappa shape index (κ1) is 25.5. The molecular formula is C30H37ClN6O. The third-order valence-corrected chi connectivity index (χ3v) is 8.51. The average Bonchev–Trinajstić information content (AvgIpc) is 3.77. The number of nitrogens with zero attached hydrogens (tertiary/aromatic N) is 4. The number of pyridine rings is 1. The van der Waals surface area contributed by atoms with Crippen molar-refractivity contribution in [1.82, 2.24) is 19.9 Å². The van der Waals surface area contributed by atoms with Gasteiger partial charge in [-0.3, -0.25) is 4.90 Å². The van der Waals surface area contributed by atoms with Crippen LogP contribution in [0.15, 0.2) is 48.8 Å². The molecular weight excluding hydrogens is 496 g/mol. The van der Waals surface area contributed by atoms with Crippen LogP contribution in [0.2, 0.25) is 5.15 Å². The number of aliphatic hydroxyl groups excluding tert-OH is 1. The van der Waals surface area contributed by atoms with Crippen LogP contribution in [0.1, 0.15) is 79.9 Å². The summed E-state index contributed by atoms with van der Waals surface area (Å²) in [7, 11) is 0. The van der Waals surface area contributed by atoms with Crippen molar-refractivity contribution in [3.05, 3.63) is 70.6 Å². The monoisotopic (exact) mass is 532 g/mol.